The lowest BCUT2D eigenvalue weighted by atomic mass is 9.48. The van der Waals surface area contributed by atoms with Crippen LogP contribution in [0.2, 0.25) is 0 Å². The lowest BCUT2D eigenvalue weighted by molar-refractivity contribution is -0.950. The number of benzene rings is 1. The van der Waals surface area contributed by atoms with E-state index in [4.69, 9.17) is 4.74 Å². The van der Waals surface area contributed by atoms with E-state index in [1.165, 1.54) is 12.8 Å². The van der Waals surface area contributed by atoms with Gasteiger partial charge in [0, 0.05) is 36.3 Å². The van der Waals surface area contributed by atoms with Crippen LogP contribution in [0.5, 0.6) is 23.0 Å². The molecule has 4 N–H and O–H groups in total. The Bertz CT molecular complexity index is 942. The maximum atomic E-state index is 12.8. The Hall–Kier alpha value is -1.99. The molecule has 7 nitrogen and oxygen atoms in total. The summed E-state index contributed by atoms with van der Waals surface area (Å²) in [5.41, 5.74) is -1.02. The number of ether oxygens (including phenoxy) is 1. The number of hydrogen-bond donors (Lipinski definition) is 4. The number of carbonyl (C=O) groups excluding carboxylic acids is 1. The number of hydrogen-bond acceptors (Lipinski definition) is 6. The number of nitrogens with zero attached hydrogens (tertiary/aromatic N) is 1. The largest absolute Gasteiger partial charge is 0.504 e. The van der Waals surface area contributed by atoms with E-state index in [1.54, 1.807) is 0 Å². The lowest BCUT2D eigenvalue weighted by Crippen LogP contribution is -2.80. The summed E-state index contributed by atoms with van der Waals surface area (Å²) in [5.74, 6) is -0.817. The van der Waals surface area contributed by atoms with Crippen molar-refractivity contribution in [2.24, 2.45) is 5.92 Å². The number of aliphatic hydroxyl groups is 1. The summed E-state index contributed by atoms with van der Waals surface area (Å²) in [7, 11) is 2.18. The SMILES string of the molecule is C[N@+]1(CC2CC2)CC[C@]23c4c5c(O)c(O)c(O)c4O[C@H]2C(=O)CC[C@@]3(O)[C@@H]1C5. The van der Waals surface area contributed by atoms with Crippen molar-refractivity contribution in [1.29, 1.82) is 0 Å². The molecule has 0 amide bonds. The molecule has 0 radical (unpaired) electrons. The summed E-state index contributed by atoms with van der Waals surface area (Å²) in [6.07, 6.45) is 3.13. The molecule has 2 bridgehead atoms. The van der Waals surface area contributed by atoms with Crippen molar-refractivity contribution in [2.45, 2.75) is 61.7 Å². The van der Waals surface area contributed by atoms with Gasteiger partial charge >= 0.3 is 0 Å². The molecule has 1 aromatic rings. The Morgan fingerprint density at radius 1 is 1.14 bits per heavy atom. The summed E-state index contributed by atoms with van der Waals surface area (Å²) in [6.45, 7) is 1.80. The molecule has 1 spiro atoms. The average molecular weight is 388 g/mol. The Balaban J connectivity index is 1.64. The van der Waals surface area contributed by atoms with Crippen molar-refractivity contribution in [3.63, 3.8) is 0 Å². The first-order valence-electron chi connectivity index (χ1n) is 10.3. The van der Waals surface area contributed by atoms with Crippen LogP contribution in [0.25, 0.3) is 0 Å². The third-order valence-corrected chi connectivity index (χ3v) is 8.52. The number of aromatic hydroxyl groups is 3. The minimum absolute atomic E-state index is 0.0701. The molecule has 5 aliphatic rings. The molecule has 150 valence electrons. The van der Waals surface area contributed by atoms with Crippen molar-refractivity contribution < 1.29 is 34.4 Å². The first-order chi connectivity index (χ1) is 13.2. The van der Waals surface area contributed by atoms with E-state index in [-0.39, 0.29) is 29.7 Å². The fourth-order valence-electron chi connectivity index (χ4n) is 7.05. The molecule has 2 saturated carbocycles. The van der Waals surface area contributed by atoms with Crippen molar-refractivity contribution in [3.05, 3.63) is 11.1 Å². The molecule has 1 saturated heterocycles. The van der Waals surface area contributed by atoms with E-state index < -0.39 is 28.6 Å². The van der Waals surface area contributed by atoms with Gasteiger partial charge in [0.2, 0.25) is 11.5 Å². The monoisotopic (exact) mass is 388 g/mol. The zero-order valence-electron chi connectivity index (χ0n) is 15.9. The van der Waals surface area contributed by atoms with Crippen molar-refractivity contribution >= 4 is 5.78 Å². The average Bonchev–Trinajstić information content (AvgIpc) is 3.38. The highest BCUT2D eigenvalue weighted by molar-refractivity contribution is 5.90. The number of carbonyl (C=O) groups is 1. The topological polar surface area (TPSA) is 107 Å². The van der Waals surface area contributed by atoms with E-state index in [0.717, 1.165) is 13.1 Å². The van der Waals surface area contributed by atoms with Crippen LogP contribution in [0.15, 0.2) is 0 Å². The first kappa shape index (κ1) is 16.9. The molecule has 0 aromatic heterocycles. The Labute approximate surface area is 162 Å². The zero-order chi connectivity index (χ0) is 19.6. The van der Waals surface area contributed by atoms with Gasteiger partial charge in [-0.25, -0.2) is 0 Å². The van der Waals surface area contributed by atoms with Crippen LogP contribution in [-0.4, -0.2) is 68.6 Å². The van der Waals surface area contributed by atoms with Gasteiger partial charge in [0.15, 0.2) is 23.4 Å². The Kier molecular flexibility index (Phi) is 2.88. The van der Waals surface area contributed by atoms with Crippen LogP contribution >= 0.6 is 0 Å². The minimum Gasteiger partial charge on any atom is -0.504 e. The smallest absolute Gasteiger partial charge is 0.204 e. The lowest BCUT2D eigenvalue weighted by Gasteiger charge is -2.64. The second-order valence-corrected chi connectivity index (χ2v) is 9.89. The second-order valence-electron chi connectivity index (χ2n) is 9.89. The molecule has 3 fully saturated rings. The van der Waals surface area contributed by atoms with Crippen molar-refractivity contribution in [1.82, 2.24) is 0 Å². The molecule has 7 heteroatoms. The van der Waals surface area contributed by atoms with Gasteiger partial charge in [-0.3, -0.25) is 4.79 Å². The van der Waals surface area contributed by atoms with Crippen LogP contribution in [-0.2, 0) is 16.6 Å². The number of phenols is 3. The molecule has 28 heavy (non-hydrogen) atoms. The molecule has 2 heterocycles. The summed E-state index contributed by atoms with van der Waals surface area (Å²) in [5, 5.41) is 43.6. The van der Waals surface area contributed by atoms with Crippen LogP contribution in [0.3, 0.4) is 0 Å². The summed E-state index contributed by atoms with van der Waals surface area (Å²) in [4.78, 5) is 12.8. The van der Waals surface area contributed by atoms with Gasteiger partial charge in [-0.2, -0.15) is 0 Å². The fourth-order valence-corrected chi connectivity index (χ4v) is 7.05. The molecule has 3 aliphatic carbocycles. The summed E-state index contributed by atoms with van der Waals surface area (Å²) < 4.78 is 6.65. The van der Waals surface area contributed by atoms with Crippen LogP contribution < -0.4 is 4.74 Å². The Morgan fingerprint density at radius 2 is 1.89 bits per heavy atom. The number of likely N-dealkylation sites (tertiary alicyclic amines) is 1. The van der Waals surface area contributed by atoms with Gasteiger partial charge in [-0.05, 0) is 19.3 Å². The van der Waals surface area contributed by atoms with E-state index >= 15 is 0 Å². The second kappa shape index (κ2) is 4.76. The van der Waals surface area contributed by atoms with Crippen LogP contribution in [0.4, 0.5) is 0 Å². The van der Waals surface area contributed by atoms with Crippen LogP contribution in [0, 0.1) is 5.92 Å². The van der Waals surface area contributed by atoms with Gasteiger partial charge in [0.1, 0.15) is 11.6 Å². The number of likely N-dealkylation sites (N-methyl/N-ethyl adjacent to an activating group) is 1. The molecule has 1 aromatic carbocycles. The van der Waals surface area contributed by atoms with Crippen LogP contribution in [0.1, 0.15) is 43.2 Å². The number of ketones is 1. The van der Waals surface area contributed by atoms with Gasteiger partial charge in [-0.1, -0.05) is 0 Å². The summed E-state index contributed by atoms with van der Waals surface area (Å²) in [6, 6.07) is -0.186. The predicted octanol–water partition coefficient (Wildman–Crippen LogP) is 1.08. The van der Waals surface area contributed by atoms with E-state index in [1.807, 2.05) is 0 Å². The highest BCUT2D eigenvalue weighted by Gasteiger charge is 2.77. The molecule has 0 unspecified atom stereocenters. The number of quaternary nitrogens is 1. The molecule has 2 aliphatic heterocycles. The highest BCUT2D eigenvalue weighted by Crippen LogP contribution is 2.68. The molecule has 5 atom stereocenters. The predicted molar refractivity (Wildman–Crippen MR) is 97.5 cm³/mol. The van der Waals surface area contributed by atoms with Gasteiger partial charge in [0.25, 0.3) is 0 Å². The van der Waals surface area contributed by atoms with E-state index in [9.17, 15) is 25.2 Å². The zero-order valence-corrected chi connectivity index (χ0v) is 15.9. The minimum atomic E-state index is -1.14. The standard InChI is InChI=1S/C21H25NO6/c1-22(9-10-2-3-10)7-6-20-14-11-8-13(22)21(20,27)5-4-12(23)19(20)28-18(14)17(26)16(25)15(11)24/h10,13,19,27H,2-9H2,1H3,(H2-,24,25,26)/p+1/t13-,19-,20-,21+,22+/m0/s1. The number of Topliss-reactive ketones (excluding diaryl/α,β-unsaturated/α-hetero) is 1. The quantitative estimate of drug-likeness (QED) is 0.446. The van der Waals surface area contributed by atoms with Crippen molar-refractivity contribution in [2.75, 3.05) is 20.1 Å². The maximum absolute atomic E-state index is 12.8. The molecular weight excluding hydrogens is 362 g/mol. The number of phenolic OH excluding ortho intramolecular Hbond substituents is 3. The van der Waals surface area contributed by atoms with Gasteiger partial charge in [0.05, 0.1) is 25.6 Å². The highest BCUT2D eigenvalue weighted by atomic mass is 16.5. The fraction of sp³-hybridized carbons (Fsp3) is 0.667. The molecule has 6 rings (SSSR count). The van der Waals surface area contributed by atoms with E-state index in [2.05, 4.69) is 7.05 Å². The first-order valence-corrected chi connectivity index (χ1v) is 10.3. The summed E-state index contributed by atoms with van der Waals surface area (Å²) >= 11 is 0. The van der Waals surface area contributed by atoms with Crippen molar-refractivity contribution in [3.8, 4) is 23.0 Å². The van der Waals surface area contributed by atoms with Gasteiger partial charge < -0.3 is 29.6 Å². The van der Waals surface area contributed by atoms with E-state index in [0.29, 0.717) is 40.8 Å². The number of rotatable bonds is 2. The van der Waals surface area contributed by atoms with Gasteiger partial charge in [-0.15, -0.1) is 0 Å². The normalized spacial score (nSPS) is 42.9. The third kappa shape index (κ3) is 1.64. The number of piperidine rings is 1. The Morgan fingerprint density at radius 3 is 2.61 bits per heavy atom. The third-order valence-electron chi connectivity index (χ3n) is 8.52. The molecular formula is C21H26NO6+. The maximum Gasteiger partial charge on any atom is 0.204 e.